The van der Waals surface area contributed by atoms with Gasteiger partial charge in [0.25, 0.3) is 5.91 Å². The summed E-state index contributed by atoms with van der Waals surface area (Å²) < 4.78 is 10.5. The molecule has 1 aromatic rings. The zero-order valence-electron chi connectivity index (χ0n) is 12.9. The smallest absolute Gasteiger partial charge is 0.327 e. The van der Waals surface area contributed by atoms with E-state index in [-0.39, 0.29) is 18.0 Å². The first-order valence-corrected chi connectivity index (χ1v) is 7.48. The third-order valence-electron chi connectivity index (χ3n) is 4.35. The Balaban J connectivity index is 1.68. The Morgan fingerprint density at radius 3 is 2.64 bits per heavy atom. The highest BCUT2D eigenvalue weighted by Crippen LogP contribution is 2.29. The second-order valence-electron chi connectivity index (χ2n) is 5.56. The van der Waals surface area contributed by atoms with E-state index in [1.165, 1.54) is 4.90 Å². The number of hydrogen-bond donors (Lipinski definition) is 0. The van der Waals surface area contributed by atoms with Crippen LogP contribution < -0.4 is 9.47 Å². The van der Waals surface area contributed by atoms with Gasteiger partial charge >= 0.3 is 6.03 Å². The highest BCUT2D eigenvalue weighted by atomic mass is 16.5. The van der Waals surface area contributed by atoms with Crippen molar-refractivity contribution in [1.82, 2.24) is 9.80 Å². The molecular formula is C16H20N2O4. The molecule has 118 valence electrons. The van der Waals surface area contributed by atoms with E-state index < -0.39 is 0 Å². The van der Waals surface area contributed by atoms with E-state index in [2.05, 4.69) is 0 Å². The molecule has 3 rings (SSSR count). The predicted octanol–water partition coefficient (Wildman–Crippen LogP) is 1.67. The van der Waals surface area contributed by atoms with Crippen LogP contribution in [0.15, 0.2) is 18.2 Å². The van der Waals surface area contributed by atoms with Gasteiger partial charge in [0.15, 0.2) is 11.5 Å². The highest BCUT2D eigenvalue weighted by molar-refractivity contribution is 6.04. The van der Waals surface area contributed by atoms with Crippen LogP contribution in [0.1, 0.15) is 18.4 Å². The van der Waals surface area contributed by atoms with Crippen LogP contribution in [0.5, 0.6) is 11.5 Å². The number of ether oxygens (including phenoxy) is 2. The van der Waals surface area contributed by atoms with Gasteiger partial charge in [-0.25, -0.2) is 4.79 Å². The Hall–Kier alpha value is -2.24. The molecule has 6 heteroatoms. The summed E-state index contributed by atoms with van der Waals surface area (Å²) in [5, 5.41) is 0. The molecule has 2 heterocycles. The molecule has 0 N–H and O–H groups in total. The Kier molecular flexibility index (Phi) is 3.92. The molecule has 0 aromatic heterocycles. The van der Waals surface area contributed by atoms with Crippen molar-refractivity contribution in [3.63, 3.8) is 0 Å². The van der Waals surface area contributed by atoms with Crippen molar-refractivity contribution in [2.75, 3.05) is 27.3 Å². The van der Waals surface area contributed by atoms with Crippen molar-refractivity contribution in [3.8, 4) is 11.5 Å². The van der Waals surface area contributed by atoms with Crippen molar-refractivity contribution < 1.29 is 19.1 Å². The minimum Gasteiger partial charge on any atom is -0.493 e. The molecule has 6 nitrogen and oxygen atoms in total. The lowest BCUT2D eigenvalue weighted by Crippen LogP contribution is -2.34. The molecule has 0 aliphatic carbocycles. The average Bonchev–Trinajstić information content (AvgIpc) is 3.10. The number of fused-ring (bicyclic) bond motifs is 1. The maximum absolute atomic E-state index is 12.3. The number of carbonyl (C=O) groups is 2. The van der Waals surface area contributed by atoms with Crippen molar-refractivity contribution in [2.24, 2.45) is 0 Å². The molecular weight excluding hydrogens is 284 g/mol. The number of nitrogens with zero attached hydrogens (tertiary/aromatic N) is 2. The molecule has 2 aliphatic heterocycles. The minimum absolute atomic E-state index is 0.0528. The number of amides is 3. The molecule has 0 radical (unpaired) electrons. The Morgan fingerprint density at radius 1 is 1.18 bits per heavy atom. The van der Waals surface area contributed by atoms with E-state index in [4.69, 9.17) is 9.47 Å². The first-order chi connectivity index (χ1) is 10.7. The summed E-state index contributed by atoms with van der Waals surface area (Å²) >= 11 is 0. The van der Waals surface area contributed by atoms with Crippen LogP contribution in [-0.4, -0.2) is 55.1 Å². The molecule has 0 unspecified atom stereocenters. The van der Waals surface area contributed by atoms with Gasteiger partial charge in [-0.3, -0.25) is 9.69 Å². The van der Waals surface area contributed by atoms with Gasteiger partial charge < -0.3 is 14.4 Å². The predicted molar refractivity (Wildman–Crippen MR) is 80.1 cm³/mol. The van der Waals surface area contributed by atoms with Crippen LogP contribution in [0.3, 0.4) is 0 Å². The highest BCUT2D eigenvalue weighted by Gasteiger charge is 2.46. The summed E-state index contributed by atoms with van der Waals surface area (Å²) in [6, 6.07) is 5.27. The topological polar surface area (TPSA) is 59.1 Å². The lowest BCUT2D eigenvalue weighted by atomic mass is 10.1. The van der Waals surface area contributed by atoms with Crippen LogP contribution >= 0.6 is 0 Å². The molecule has 22 heavy (non-hydrogen) atoms. The summed E-state index contributed by atoms with van der Waals surface area (Å²) in [5.41, 5.74) is 1.00. The fraction of sp³-hybridized carbons (Fsp3) is 0.500. The van der Waals surface area contributed by atoms with E-state index in [9.17, 15) is 9.59 Å². The van der Waals surface area contributed by atoms with E-state index >= 15 is 0 Å². The lowest BCUT2D eigenvalue weighted by molar-refractivity contribution is -0.127. The quantitative estimate of drug-likeness (QED) is 0.777. The maximum Gasteiger partial charge on any atom is 0.327 e. The summed E-state index contributed by atoms with van der Waals surface area (Å²) in [5.74, 6) is 1.27. The summed E-state index contributed by atoms with van der Waals surface area (Å²) in [7, 11) is 3.18. The van der Waals surface area contributed by atoms with E-state index in [1.807, 2.05) is 18.2 Å². The molecule has 1 aromatic carbocycles. The Bertz CT molecular complexity index is 580. The van der Waals surface area contributed by atoms with Gasteiger partial charge in [-0.1, -0.05) is 6.07 Å². The first kappa shape index (κ1) is 14.7. The van der Waals surface area contributed by atoms with Gasteiger partial charge in [-0.05, 0) is 37.0 Å². The largest absolute Gasteiger partial charge is 0.493 e. The van der Waals surface area contributed by atoms with Gasteiger partial charge in [0.05, 0.1) is 14.2 Å². The molecule has 0 saturated carbocycles. The van der Waals surface area contributed by atoms with Crippen LogP contribution in [0, 0.1) is 0 Å². The van der Waals surface area contributed by atoms with Crippen LogP contribution in [-0.2, 0) is 11.2 Å². The number of rotatable bonds is 5. The molecule has 2 aliphatic rings. The molecule has 0 spiro atoms. The number of carbonyl (C=O) groups excluding carboxylic acids is 2. The first-order valence-electron chi connectivity index (χ1n) is 7.48. The maximum atomic E-state index is 12.3. The van der Waals surface area contributed by atoms with E-state index in [1.54, 1.807) is 19.1 Å². The van der Waals surface area contributed by atoms with Gasteiger partial charge in [0.2, 0.25) is 0 Å². The van der Waals surface area contributed by atoms with Gasteiger partial charge in [0, 0.05) is 13.1 Å². The van der Waals surface area contributed by atoms with Gasteiger partial charge in [0.1, 0.15) is 6.04 Å². The fourth-order valence-electron chi connectivity index (χ4n) is 3.16. The second kappa shape index (κ2) is 5.87. The molecule has 2 fully saturated rings. The van der Waals surface area contributed by atoms with Gasteiger partial charge in [-0.15, -0.1) is 0 Å². The monoisotopic (exact) mass is 304 g/mol. The number of benzene rings is 1. The van der Waals surface area contributed by atoms with E-state index in [0.717, 1.165) is 18.4 Å². The number of imide groups is 1. The van der Waals surface area contributed by atoms with Crippen LogP contribution in [0.25, 0.3) is 0 Å². The number of urea groups is 1. The number of methoxy groups -OCH3 is 2. The van der Waals surface area contributed by atoms with Crippen molar-refractivity contribution >= 4 is 11.9 Å². The molecule has 1 atom stereocenters. The standard InChI is InChI=1S/C16H20N2O4/c1-21-13-6-5-11(10-14(13)22-2)7-9-18-15(19)12-4-3-8-17(12)16(18)20/h5-6,10,12H,3-4,7-9H2,1-2H3/t12-/m0/s1. The average molecular weight is 304 g/mol. The van der Waals surface area contributed by atoms with Crippen molar-refractivity contribution in [3.05, 3.63) is 23.8 Å². The normalized spacial score (nSPS) is 20.5. The fourth-order valence-corrected chi connectivity index (χ4v) is 3.16. The van der Waals surface area contributed by atoms with Crippen molar-refractivity contribution in [2.45, 2.75) is 25.3 Å². The summed E-state index contributed by atoms with van der Waals surface area (Å²) in [4.78, 5) is 27.6. The summed E-state index contributed by atoms with van der Waals surface area (Å²) in [6.45, 7) is 1.10. The SMILES string of the molecule is COc1ccc(CCN2C(=O)[C@@H]3CCCN3C2=O)cc1OC. The molecule has 3 amide bonds. The zero-order valence-corrected chi connectivity index (χ0v) is 12.9. The second-order valence-corrected chi connectivity index (χ2v) is 5.56. The summed E-state index contributed by atoms with van der Waals surface area (Å²) in [6.07, 6.45) is 2.32. The zero-order chi connectivity index (χ0) is 15.7. The number of hydrogen-bond acceptors (Lipinski definition) is 4. The third kappa shape index (κ3) is 2.38. The molecule has 2 saturated heterocycles. The van der Waals surface area contributed by atoms with Crippen LogP contribution in [0.2, 0.25) is 0 Å². The third-order valence-corrected chi connectivity index (χ3v) is 4.35. The molecule has 0 bridgehead atoms. The lowest BCUT2D eigenvalue weighted by Gasteiger charge is -2.16. The minimum atomic E-state index is -0.224. The Morgan fingerprint density at radius 2 is 1.95 bits per heavy atom. The van der Waals surface area contributed by atoms with E-state index in [0.29, 0.717) is 31.0 Å². The van der Waals surface area contributed by atoms with Gasteiger partial charge in [-0.2, -0.15) is 0 Å². The van der Waals surface area contributed by atoms with Crippen molar-refractivity contribution in [1.29, 1.82) is 0 Å². The Labute approximate surface area is 129 Å². The van der Waals surface area contributed by atoms with Crippen LogP contribution in [0.4, 0.5) is 4.79 Å².